The van der Waals surface area contributed by atoms with Crippen LogP contribution in [0.5, 0.6) is 0 Å². The lowest BCUT2D eigenvalue weighted by Crippen LogP contribution is -2.49. The second-order valence-corrected chi connectivity index (χ2v) is 9.70. The molecule has 0 N–H and O–H groups in total. The summed E-state index contributed by atoms with van der Waals surface area (Å²) in [6.07, 6.45) is 1.05. The van der Waals surface area contributed by atoms with E-state index in [2.05, 4.69) is 16.7 Å². The van der Waals surface area contributed by atoms with Gasteiger partial charge in [0, 0.05) is 54.7 Å². The molecule has 1 amide bonds. The molecule has 0 unspecified atom stereocenters. The molecule has 2 aromatic heterocycles. The molecular formula is C23H26ClN5OS. The van der Waals surface area contributed by atoms with Crippen molar-refractivity contribution in [1.29, 1.82) is 0 Å². The molecule has 0 spiro atoms. The number of nitrogens with zero attached hydrogens (tertiary/aromatic N) is 5. The minimum absolute atomic E-state index is 0.0629. The van der Waals surface area contributed by atoms with E-state index in [9.17, 15) is 4.79 Å². The van der Waals surface area contributed by atoms with Crippen molar-refractivity contribution in [1.82, 2.24) is 19.8 Å². The number of benzene rings is 1. The van der Waals surface area contributed by atoms with Gasteiger partial charge in [-0.3, -0.25) is 9.69 Å². The van der Waals surface area contributed by atoms with Gasteiger partial charge in [-0.15, -0.1) is 11.3 Å². The lowest BCUT2D eigenvalue weighted by molar-refractivity contribution is 0.0746. The number of aromatic nitrogens is 2. The average molecular weight is 456 g/mol. The lowest BCUT2D eigenvalue weighted by atomic mass is 10.0. The van der Waals surface area contributed by atoms with Crippen LogP contribution in [0.4, 0.5) is 5.82 Å². The summed E-state index contributed by atoms with van der Waals surface area (Å²) in [4.78, 5) is 31.8. The van der Waals surface area contributed by atoms with Crippen LogP contribution in [0.15, 0.2) is 24.3 Å². The highest BCUT2D eigenvalue weighted by Crippen LogP contribution is 2.39. The van der Waals surface area contributed by atoms with Crippen molar-refractivity contribution in [3.8, 4) is 0 Å². The Hall–Kier alpha value is -2.22. The number of hydrogen-bond donors (Lipinski definition) is 0. The molecule has 4 heterocycles. The standard InChI is InChI=1S/C23H26ClN5OS/c1-3-27-9-8-18-19(14-27)31-22-20(18)21(25-15(2)26-22)28-10-12-29(13-11-28)23(30)16-4-6-17(24)7-5-16/h4-7H,3,8-14H2,1-2H3. The smallest absolute Gasteiger partial charge is 0.253 e. The Labute approximate surface area is 191 Å². The second kappa shape index (κ2) is 8.37. The summed E-state index contributed by atoms with van der Waals surface area (Å²) < 4.78 is 0. The van der Waals surface area contributed by atoms with Crippen LogP contribution in [0.3, 0.4) is 0 Å². The molecular weight excluding hydrogens is 430 g/mol. The van der Waals surface area contributed by atoms with Gasteiger partial charge in [0.15, 0.2) is 0 Å². The molecule has 1 aromatic carbocycles. The molecule has 0 aliphatic carbocycles. The molecule has 162 valence electrons. The SMILES string of the molecule is CCN1CCc2c(sc3nc(C)nc(N4CCN(C(=O)c5ccc(Cl)cc5)CC4)c23)C1. The van der Waals surface area contributed by atoms with Gasteiger partial charge in [-0.25, -0.2) is 9.97 Å². The van der Waals surface area contributed by atoms with E-state index in [0.717, 1.165) is 55.6 Å². The zero-order valence-corrected chi connectivity index (χ0v) is 19.5. The molecule has 6 nitrogen and oxygen atoms in total. The Morgan fingerprint density at radius 3 is 2.55 bits per heavy atom. The van der Waals surface area contributed by atoms with Gasteiger partial charge in [-0.2, -0.15) is 0 Å². The van der Waals surface area contributed by atoms with Gasteiger partial charge in [-0.05, 0) is 49.7 Å². The third kappa shape index (κ3) is 3.90. The summed E-state index contributed by atoms with van der Waals surface area (Å²) in [5, 5.41) is 1.88. The number of fused-ring (bicyclic) bond motifs is 3. The molecule has 0 radical (unpaired) electrons. The van der Waals surface area contributed by atoms with E-state index >= 15 is 0 Å². The van der Waals surface area contributed by atoms with Gasteiger partial charge in [0.05, 0.1) is 5.39 Å². The van der Waals surface area contributed by atoms with E-state index in [4.69, 9.17) is 21.6 Å². The topological polar surface area (TPSA) is 52.6 Å². The monoisotopic (exact) mass is 455 g/mol. The molecule has 3 aromatic rings. The van der Waals surface area contributed by atoms with Crippen molar-refractivity contribution in [3.63, 3.8) is 0 Å². The molecule has 1 saturated heterocycles. The van der Waals surface area contributed by atoms with E-state index < -0.39 is 0 Å². The molecule has 0 saturated carbocycles. The van der Waals surface area contributed by atoms with E-state index in [0.29, 0.717) is 23.7 Å². The van der Waals surface area contributed by atoms with Crippen LogP contribution in [0, 0.1) is 6.92 Å². The Kier molecular flexibility index (Phi) is 5.58. The van der Waals surface area contributed by atoms with Crippen LogP contribution in [0.25, 0.3) is 10.2 Å². The molecule has 31 heavy (non-hydrogen) atoms. The Bertz CT molecular complexity index is 1120. The van der Waals surface area contributed by atoms with E-state index in [1.54, 1.807) is 24.3 Å². The van der Waals surface area contributed by atoms with Crippen LogP contribution in [-0.4, -0.2) is 64.9 Å². The quantitative estimate of drug-likeness (QED) is 0.597. The first-order valence-corrected chi connectivity index (χ1v) is 12.0. The normalized spacial score (nSPS) is 17.3. The van der Waals surface area contributed by atoms with Gasteiger partial charge in [0.25, 0.3) is 5.91 Å². The number of likely N-dealkylation sites (N-methyl/N-ethyl adjacent to an activating group) is 1. The van der Waals surface area contributed by atoms with E-state index in [1.807, 2.05) is 23.2 Å². The number of anilines is 1. The van der Waals surface area contributed by atoms with Crippen molar-refractivity contribution in [2.45, 2.75) is 26.8 Å². The number of piperazine rings is 1. The number of carbonyl (C=O) groups is 1. The van der Waals surface area contributed by atoms with Gasteiger partial charge in [0.2, 0.25) is 0 Å². The van der Waals surface area contributed by atoms with E-state index in [-0.39, 0.29) is 5.91 Å². The molecule has 2 aliphatic heterocycles. The first kappa shape index (κ1) is 20.7. The maximum absolute atomic E-state index is 12.9. The predicted octanol–water partition coefficient (Wildman–Crippen LogP) is 3.99. The zero-order valence-electron chi connectivity index (χ0n) is 17.9. The first-order valence-electron chi connectivity index (χ1n) is 10.8. The number of halogens is 1. The van der Waals surface area contributed by atoms with Crippen molar-refractivity contribution >= 4 is 44.9 Å². The number of hydrogen-bond acceptors (Lipinski definition) is 6. The second-order valence-electron chi connectivity index (χ2n) is 8.18. The van der Waals surface area contributed by atoms with Crippen LogP contribution in [-0.2, 0) is 13.0 Å². The fourth-order valence-electron chi connectivity index (χ4n) is 4.53. The highest BCUT2D eigenvalue weighted by Gasteiger charge is 2.28. The Morgan fingerprint density at radius 2 is 1.84 bits per heavy atom. The summed E-state index contributed by atoms with van der Waals surface area (Å²) in [6, 6.07) is 7.13. The van der Waals surface area contributed by atoms with Gasteiger partial charge < -0.3 is 9.80 Å². The predicted molar refractivity (Wildman–Crippen MR) is 126 cm³/mol. The van der Waals surface area contributed by atoms with Gasteiger partial charge >= 0.3 is 0 Å². The summed E-state index contributed by atoms with van der Waals surface area (Å²) in [7, 11) is 0. The third-order valence-corrected chi connectivity index (χ3v) is 7.64. The minimum atomic E-state index is 0.0629. The Balaban J connectivity index is 1.39. The summed E-state index contributed by atoms with van der Waals surface area (Å²) in [5.41, 5.74) is 2.12. The van der Waals surface area contributed by atoms with Crippen molar-refractivity contribution in [2.24, 2.45) is 0 Å². The number of rotatable bonds is 3. The van der Waals surface area contributed by atoms with Crippen LogP contribution in [0.2, 0.25) is 5.02 Å². The highest BCUT2D eigenvalue weighted by molar-refractivity contribution is 7.19. The third-order valence-electron chi connectivity index (χ3n) is 6.28. The lowest BCUT2D eigenvalue weighted by Gasteiger charge is -2.36. The van der Waals surface area contributed by atoms with Crippen molar-refractivity contribution < 1.29 is 4.79 Å². The molecule has 0 bridgehead atoms. The minimum Gasteiger partial charge on any atom is -0.352 e. The molecule has 5 rings (SSSR count). The molecule has 8 heteroatoms. The summed E-state index contributed by atoms with van der Waals surface area (Å²) in [6.45, 7) is 10.3. The van der Waals surface area contributed by atoms with Crippen LogP contribution >= 0.6 is 22.9 Å². The maximum atomic E-state index is 12.9. The van der Waals surface area contributed by atoms with Crippen molar-refractivity contribution in [2.75, 3.05) is 44.2 Å². The zero-order chi connectivity index (χ0) is 21.5. The number of aryl methyl sites for hydroxylation is 1. The average Bonchev–Trinajstić information content (AvgIpc) is 3.15. The number of thiophene rings is 1. The molecule has 2 aliphatic rings. The highest BCUT2D eigenvalue weighted by atomic mass is 35.5. The largest absolute Gasteiger partial charge is 0.352 e. The Morgan fingerprint density at radius 1 is 1.10 bits per heavy atom. The van der Waals surface area contributed by atoms with Crippen LogP contribution in [0.1, 0.15) is 33.5 Å². The van der Waals surface area contributed by atoms with E-state index in [1.165, 1.54) is 15.8 Å². The molecule has 1 fully saturated rings. The van der Waals surface area contributed by atoms with Gasteiger partial charge in [0.1, 0.15) is 16.5 Å². The summed E-state index contributed by atoms with van der Waals surface area (Å²) in [5.74, 6) is 1.92. The fourth-order valence-corrected chi connectivity index (χ4v) is 5.96. The van der Waals surface area contributed by atoms with Crippen LogP contribution < -0.4 is 4.90 Å². The summed E-state index contributed by atoms with van der Waals surface area (Å²) >= 11 is 7.78. The first-order chi connectivity index (χ1) is 15.0. The van der Waals surface area contributed by atoms with Gasteiger partial charge in [-0.1, -0.05) is 18.5 Å². The maximum Gasteiger partial charge on any atom is 0.253 e. The number of amides is 1. The van der Waals surface area contributed by atoms with Crippen molar-refractivity contribution in [3.05, 3.63) is 51.1 Å². The number of carbonyl (C=O) groups excluding carboxylic acids is 1. The molecule has 0 atom stereocenters. The fraction of sp³-hybridized carbons (Fsp3) is 0.435.